The highest BCUT2D eigenvalue weighted by Crippen LogP contribution is 2.32. The molecule has 8 heteroatoms. The zero-order valence-corrected chi connectivity index (χ0v) is 17.7. The standard InChI is InChI=1S/C19H23N3O4.HI/c1-3-20-19(22-11-14-5-4-6-16(24-2)18(14)23)21-10-13-7-8-15-17(9-13)26-12-25-15;/h4-9,23H,3,10-12H2,1-2H3,(H2,20,21,22);1H. The van der Waals surface area contributed by atoms with Crippen molar-refractivity contribution < 1.29 is 19.3 Å². The van der Waals surface area contributed by atoms with Gasteiger partial charge in [-0.2, -0.15) is 0 Å². The summed E-state index contributed by atoms with van der Waals surface area (Å²) in [6.07, 6.45) is 0. The predicted octanol–water partition coefficient (Wildman–Crippen LogP) is 3.00. The number of nitrogens with one attached hydrogen (secondary N) is 2. The first-order chi connectivity index (χ1) is 12.7. The zero-order chi connectivity index (χ0) is 18.4. The van der Waals surface area contributed by atoms with Crippen LogP contribution < -0.4 is 24.8 Å². The van der Waals surface area contributed by atoms with Gasteiger partial charge in [-0.05, 0) is 30.7 Å². The summed E-state index contributed by atoms with van der Waals surface area (Å²) in [4.78, 5) is 4.58. The van der Waals surface area contributed by atoms with Crippen molar-refractivity contribution in [2.75, 3.05) is 20.4 Å². The molecule has 1 aliphatic heterocycles. The molecule has 3 rings (SSSR count). The molecule has 0 unspecified atom stereocenters. The number of ether oxygens (including phenoxy) is 3. The van der Waals surface area contributed by atoms with Crippen LogP contribution in [-0.2, 0) is 13.1 Å². The SMILES string of the molecule is CCNC(=NCc1ccc2c(c1)OCO2)NCc1cccc(OC)c1O.I. The third-order valence-corrected chi connectivity index (χ3v) is 3.95. The van der Waals surface area contributed by atoms with Gasteiger partial charge >= 0.3 is 0 Å². The van der Waals surface area contributed by atoms with Crippen LogP contribution in [0.5, 0.6) is 23.0 Å². The van der Waals surface area contributed by atoms with E-state index in [4.69, 9.17) is 14.2 Å². The normalized spacial score (nSPS) is 12.3. The lowest BCUT2D eigenvalue weighted by molar-refractivity contribution is 0.174. The molecule has 146 valence electrons. The van der Waals surface area contributed by atoms with Gasteiger partial charge in [0.2, 0.25) is 6.79 Å². The van der Waals surface area contributed by atoms with Crippen molar-refractivity contribution in [3.8, 4) is 23.0 Å². The van der Waals surface area contributed by atoms with E-state index in [1.807, 2.05) is 37.3 Å². The maximum atomic E-state index is 10.2. The Morgan fingerprint density at radius 2 is 2.00 bits per heavy atom. The smallest absolute Gasteiger partial charge is 0.231 e. The van der Waals surface area contributed by atoms with Crippen LogP contribution in [0.3, 0.4) is 0 Å². The molecular formula is C19H24IN3O4. The molecule has 0 aliphatic carbocycles. The van der Waals surface area contributed by atoms with Gasteiger partial charge < -0.3 is 30.0 Å². The lowest BCUT2D eigenvalue weighted by Crippen LogP contribution is -2.36. The summed E-state index contributed by atoms with van der Waals surface area (Å²) < 4.78 is 15.8. The number of methoxy groups -OCH3 is 1. The quantitative estimate of drug-likeness (QED) is 0.332. The van der Waals surface area contributed by atoms with Crippen LogP contribution in [-0.4, -0.2) is 31.5 Å². The van der Waals surface area contributed by atoms with Crippen LogP contribution in [0.1, 0.15) is 18.1 Å². The van der Waals surface area contributed by atoms with Crippen LogP contribution >= 0.6 is 24.0 Å². The number of aliphatic imine (C=N–C) groups is 1. The van der Waals surface area contributed by atoms with Crippen molar-refractivity contribution in [1.29, 1.82) is 0 Å². The van der Waals surface area contributed by atoms with Gasteiger partial charge in [0, 0.05) is 18.7 Å². The maximum Gasteiger partial charge on any atom is 0.231 e. The molecular weight excluding hydrogens is 461 g/mol. The number of fused-ring (bicyclic) bond motifs is 1. The molecule has 1 aliphatic rings. The lowest BCUT2D eigenvalue weighted by atomic mass is 10.2. The Morgan fingerprint density at radius 3 is 2.78 bits per heavy atom. The first kappa shape index (κ1) is 20.9. The van der Waals surface area contributed by atoms with Gasteiger partial charge in [0.15, 0.2) is 29.0 Å². The monoisotopic (exact) mass is 485 g/mol. The summed E-state index contributed by atoms with van der Waals surface area (Å²) in [6.45, 7) is 3.92. The van der Waals surface area contributed by atoms with Crippen LogP contribution in [0.4, 0.5) is 0 Å². The number of rotatable bonds is 6. The molecule has 0 saturated heterocycles. The number of para-hydroxylation sites is 1. The van der Waals surface area contributed by atoms with E-state index in [1.54, 1.807) is 6.07 Å². The Labute approximate surface area is 175 Å². The number of nitrogens with zero attached hydrogens (tertiary/aromatic N) is 1. The van der Waals surface area contributed by atoms with Crippen LogP contribution in [0, 0.1) is 0 Å². The largest absolute Gasteiger partial charge is 0.504 e. The van der Waals surface area contributed by atoms with Crippen molar-refractivity contribution in [3.05, 3.63) is 47.5 Å². The summed E-state index contributed by atoms with van der Waals surface area (Å²) in [5.74, 6) is 2.75. The molecule has 0 amide bonds. The van der Waals surface area contributed by atoms with Gasteiger partial charge in [0.1, 0.15) is 0 Å². The molecule has 0 radical (unpaired) electrons. The minimum atomic E-state index is 0. The predicted molar refractivity (Wildman–Crippen MR) is 114 cm³/mol. The Kier molecular flexibility index (Phi) is 7.83. The second-order valence-electron chi connectivity index (χ2n) is 5.70. The minimum Gasteiger partial charge on any atom is -0.504 e. The molecule has 7 nitrogen and oxygen atoms in total. The fourth-order valence-corrected chi connectivity index (χ4v) is 2.61. The maximum absolute atomic E-state index is 10.2. The van der Waals surface area contributed by atoms with E-state index in [0.717, 1.165) is 29.2 Å². The van der Waals surface area contributed by atoms with Crippen molar-refractivity contribution >= 4 is 29.9 Å². The summed E-state index contributed by atoms with van der Waals surface area (Å²) in [7, 11) is 1.53. The van der Waals surface area contributed by atoms with E-state index >= 15 is 0 Å². The molecule has 0 atom stereocenters. The van der Waals surface area contributed by atoms with Crippen LogP contribution in [0.25, 0.3) is 0 Å². The number of guanidine groups is 1. The van der Waals surface area contributed by atoms with E-state index in [0.29, 0.717) is 24.8 Å². The molecule has 0 spiro atoms. The Balaban J connectivity index is 0.00000261. The molecule has 0 aromatic heterocycles. The molecule has 0 bridgehead atoms. The van der Waals surface area contributed by atoms with Crippen molar-refractivity contribution in [1.82, 2.24) is 10.6 Å². The minimum absolute atomic E-state index is 0. The number of benzene rings is 2. The van der Waals surface area contributed by atoms with Crippen molar-refractivity contribution in [2.45, 2.75) is 20.0 Å². The highest BCUT2D eigenvalue weighted by Gasteiger charge is 2.13. The van der Waals surface area contributed by atoms with Crippen molar-refractivity contribution in [3.63, 3.8) is 0 Å². The molecule has 2 aromatic rings. The van der Waals surface area contributed by atoms with E-state index in [9.17, 15) is 5.11 Å². The summed E-state index contributed by atoms with van der Waals surface area (Å²) in [5.41, 5.74) is 1.76. The third kappa shape index (κ3) is 5.31. The van der Waals surface area contributed by atoms with Gasteiger partial charge in [0.05, 0.1) is 13.7 Å². The molecule has 3 N–H and O–H groups in total. The summed E-state index contributed by atoms with van der Waals surface area (Å²) in [6, 6.07) is 11.2. The van der Waals surface area contributed by atoms with Gasteiger partial charge in [-0.1, -0.05) is 18.2 Å². The number of halogens is 1. The topological polar surface area (TPSA) is 84.3 Å². The van der Waals surface area contributed by atoms with E-state index in [2.05, 4.69) is 15.6 Å². The van der Waals surface area contributed by atoms with Gasteiger partial charge in [-0.15, -0.1) is 24.0 Å². The van der Waals surface area contributed by atoms with E-state index in [1.165, 1.54) is 7.11 Å². The summed E-state index contributed by atoms with van der Waals surface area (Å²) in [5, 5.41) is 16.6. The molecule has 1 heterocycles. The average Bonchev–Trinajstić information content (AvgIpc) is 3.12. The average molecular weight is 485 g/mol. The summed E-state index contributed by atoms with van der Waals surface area (Å²) >= 11 is 0. The second-order valence-corrected chi connectivity index (χ2v) is 5.70. The Hall–Kier alpha value is -2.36. The van der Waals surface area contributed by atoms with Crippen LogP contribution in [0.2, 0.25) is 0 Å². The van der Waals surface area contributed by atoms with Crippen LogP contribution in [0.15, 0.2) is 41.4 Å². The number of hydrogen-bond acceptors (Lipinski definition) is 5. The fraction of sp³-hybridized carbons (Fsp3) is 0.316. The number of hydrogen-bond donors (Lipinski definition) is 3. The van der Waals surface area contributed by atoms with E-state index < -0.39 is 0 Å². The second kappa shape index (κ2) is 10.1. The molecule has 27 heavy (non-hydrogen) atoms. The highest BCUT2D eigenvalue weighted by atomic mass is 127. The Bertz CT molecular complexity index is 799. The molecule has 0 saturated carbocycles. The zero-order valence-electron chi connectivity index (χ0n) is 15.3. The number of phenolic OH excluding ortho intramolecular Hbond substituents is 1. The first-order valence-corrected chi connectivity index (χ1v) is 8.46. The number of aromatic hydroxyl groups is 1. The third-order valence-electron chi connectivity index (χ3n) is 3.95. The number of phenols is 1. The fourth-order valence-electron chi connectivity index (χ4n) is 2.61. The highest BCUT2D eigenvalue weighted by molar-refractivity contribution is 14.0. The van der Waals surface area contributed by atoms with Crippen molar-refractivity contribution in [2.24, 2.45) is 4.99 Å². The van der Waals surface area contributed by atoms with Gasteiger partial charge in [-0.3, -0.25) is 0 Å². The van der Waals surface area contributed by atoms with Gasteiger partial charge in [0.25, 0.3) is 0 Å². The molecule has 0 fully saturated rings. The van der Waals surface area contributed by atoms with Gasteiger partial charge in [-0.25, -0.2) is 4.99 Å². The molecule has 2 aromatic carbocycles. The first-order valence-electron chi connectivity index (χ1n) is 8.46. The lowest BCUT2D eigenvalue weighted by Gasteiger charge is -2.13. The Morgan fingerprint density at radius 1 is 1.19 bits per heavy atom. The van der Waals surface area contributed by atoms with E-state index in [-0.39, 0.29) is 36.5 Å².